The largest absolute Gasteiger partial charge is 0.371 e. The number of amides is 1. The van der Waals surface area contributed by atoms with E-state index in [1.165, 1.54) is 18.5 Å². The molecule has 25 heavy (non-hydrogen) atoms. The summed E-state index contributed by atoms with van der Waals surface area (Å²) in [4.78, 5) is 14.8. The van der Waals surface area contributed by atoms with E-state index in [4.69, 9.17) is 11.6 Å². The summed E-state index contributed by atoms with van der Waals surface area (Å²) in [5.41, 5.74) is 2.95. The van der Waals surface area contributed by atoms with Crippen LogP contribution in [0.4, 0.5) is 5.69 Å². The third kappa shape index (κ3) is 4.55. The number of nitrogens with one attached hydrogen (secondary N) is 1. The van der Waals surface area contributed by atoms with Gasteiger partial charge in [0, 0.05) is 29.4 Å². The van der Waals surface area contributed by atoms with E-state index in [9.17, 15) is 4.79 Å². The molecule has 0 aliphatic carbocycles. The maximum Gasteiger partial charge on any atom is 0.251 e. The molecule has 4 heteroatoms. The van der Waals surface area contributed by atoms with Crippen LogP contribution < -0.4 is 10.2 Å². The lowest BCUT2D eigenvalue weighted by Gasteiger charge is -2.33. The Labute approximate surface area is 155 Å². The molecular formula is C21H25ClN2O. The van der Waals surface area contributed by atoms with Crippen LogP contribution in [0.2, 0.25) is 5.02 Å². The first-order chi connectivity index (χ1) is 12.0. The maximum atomic E-state index is 12.4. The fraction of sp³-hybridized carbons (Fsp3) is 0.381. The Morgan fingerprint density at radius 3 is 2.68 bits per heavy atom. The van der Waals surface area contributed by atoms with Crippen LogP contribution in [0.5, 0.6) is 0 Å². The van der Waals surface area contributed by atoms with Crippen LogP contribution in [0.15, 0.2) is 48.5 Å². The summed E-state index contributed by atoms with van der Waals surface area (Å²) >= 11 is 5.96. The van der Waals surface area contributed by atoms with Crippen molar-refractivity contribution in [1.29, 1.82) is 0 Å². The fourth-order valence-corrected chi connectivity index (χ4v) is 3.58. The van der Waals surface area contributed by atoms with E-state index < -0.39 is 0 Å². The van der Waals surface area contributed by atoms with Crippen molar-refractivity contribution in [1.82, 2.24) is 5.32 Å². The van der Waals surface area contributed by atoms with Crippen molar-refractivity contribution < 1.29 is 4.79 Å². The summed E-state index contributed by atoms with van der Waals surface area (Å²) in [6, 6.07) is 15.5. The fourth-order valence-electron chi connectivity index (χ4n) is 3.39. The Balaban J connectivity index is 1.64. The quantitative estimate of drug-likeness (QED) is 0.829. The molecule has 1 N–H and O–H groups in total. The van der Waals surface area contributed by atoms with Crippen LogP contribution in [-0.4, -0.2) is 19.0 Å². The number of hydrogen-bond acceptors (Lipinski definition) is 2. The molecule has 1 saturated heterocycles. The van der Waals surface area contributed by atoms with Crippen molar-refractivity contribution >= 4 is 23.2 Å². The van der Waals surface area contributed by atoms with Gasteiger partial charge in [-0.05, 0) is 61.6 Å². The minimum Gasteiger partial charge on any atom is -0.371 e. The molecule has 3 nitrogen and oxygen atoms in total. The topological polar surface area (TPSA) is 32.3 Å². The van der Waals surface area contributed by atoms with Crippen LogP contribution in [0.1, 0.15) is 48.7 Å². The van der Waals surface area contributed by atoms with Gasteiger partial charge < -0.3 is 10.2 Å². The van der Waals surface area contributed by atoms with Crippen molar-refractivity contribution in [3.63, 3.8) is 0 Å². The molecule has 0 aromatic heterocycles. The molecule has 1 fully saturated rings. The third-order valence-electron chi connectivity index (χ3n) is 4.85. The molecule has 2 aromatic carbocycles. The van der Waals surface area contributed by atoms with Gasteiger partial charge in [0.25, 0.3) is 5.91 Å². The Hall–Kier alpha value is -2.00. The number of nitrogens with zero attached hydrogens (tertiary/aromatic N) is 1. The molecule has 1 aliphatic rings. The highest BCUT2D eigenvalue weighted by Gasteiger charge is 2.17. The minimum atomic E-state index is -0.107. The number of halogens is 1. The lowest BCUT2D eigenvalue weighted by atomic mass is 9.99. The zero-order valence-corrected chi connectivity index (χ0v) is 15.6. The molecular weight excluding hydrogens is 332 g/mol. The normalized spacial score (nSPS) is 18.7. The van der Waals surface area contributed by atoms with Gasteiger partial charge in [0.1, 0.15) is 0 Å². The number of carbonyl (C=O) groups is 1. The summed E-state index contributed by atoms with van der Waals surface area (Å²) in [5, 5.41) is 3.60. The third-order valence-corrected chi connectivity index (χ3v) is 5.08. The first-order valence-electron chi connectivity index (χ1n) is 8.94. The van der Waals surface area contributed by atoms with E-state index in [-0.39, 0.29) is 11.9 Å². The van der Waals surface area contributed by atoms with Crippen molar-refractivity contribution in [2.75, 3.05) is 18.0 Å². The summed E-state index contributed by atoms with van der Waals surface area (Å²) in [6.45, 7) is 6.57. The molecule has 1 amide bonds. The zero-order chi connectivity index (χ0) is 17.8. The Bertz CT molecular complexity index is 729. The second-order valence-electron chi connectivity index (χ2n) is 6.99. The van der Waals surface area contributed by atoms with E-state index in [1.54, 1.807) is 24.3 Å². The number of rotatable bonds is 4. The summed E-state index contributed by atoms with van der Waals surface area (Å²) < 4.78 is 0. The minimum absolute atomic E-state index is 0.0548. The molecule has 0 bridgehead atoms. The molecule has 1 heterocycles. The van der Waals surface area contributed by atoms with E-state index >= 15 is 0 Å². The zero-order valence-electron chi connectivity index (χ0n) is 14.8. The standard InChI is InChI=1S/C21H25ClN2O/c1-15-5-4-12-24(14-15)20-10-8-17(9-11-20)16(2)23-21(25)18-6-3-7-19(22)13-18/h3,6-11,13,15-16H,4-5,12,14H2,1-2H3,(H,23,25)/t15-,16-/m1/s1. The van der Waals surface area contributed by atoms with Gasteiger partial charge in [-0.15, -0.1) is 0 Å². The molecule has 0 unspecified atom stereocenters. The average molecular weight is 357 g/mol. The number of hydrogen-bond donors (Lipinski definition) is 1. The molecule has 2 atom stereocenters. The maximum absolute atomic E-state index is 12.4. The summed E-state index contributed by atoms with van der Waals surface area (Å²) in [5.74, 6) is 0.647. The number of carbonyl (C=O) groups excluding carboxylic acids is 1. The van der Waals surface area contributed by atoms with Gasteiger partial charge in [-0.1, -0.05) is 36.7 Å². The van der Waals surface area contributed by atoms with Crippen LogP contribution in [-0.2, 0) is 0 Å². The number of piperidine rings is 1. The first kappa shape index (κ1) is 17.8. The van der Waals surface area contributed by atoms with Crippen molar-refractivity contribution in [2.45, 2.75) is 32.7 Å². The van der Waals surface area contributed by atoms with Crippen LogP contribution in [0, 0.1) is 5.92 Å². The highest BCUT2D eigenvalue weighted by atomic mass is 35.5. The molecule has 1 aliphatic heterocycles. The molecule has 0 saturated carbocycles. The Morgan fingerprint density at radius 2 is 2.00 bits per heavy atom. The predicted molar refractivity (Wildman–Crippen MR) is 104 cm³/mol. The van der Waals surface area contributed by atoms with Crippen LogP contribution >= 0.6 is 11.6 Å². The number of benzene rings is 2. The lowest BCUT2D eigenvalue weighted by molar-refractivity contribution is 0.0940. The predicted octanol–water partition coefficient (Wildman–Crippen LogP) is 5.07. The summed E-state index contributed by atoms with van der Waals surface area (Å²) in [6.07, 6.45) is 2.58. The molecule has 0 spiro atoms. The van der Waals surface area contributed by atoms with Gasteiger partial charge in [-0.3, -0.25) is 4.79 Å². The van der Waals surface area contributed by atoms with Gasteiger partial charge in [0.05, 0.1) is 6.04 Å². The molecule has 0 radical (unpaired) electrons. The van der Waals surface area contributed by atoms with E-state index in [2.05, 4.69) is 41.4 Å². The van der Waals surface area contributed by atoms with Gasteiger partial charge in [-0.2, -0.15) is 0 Å². The van der Waals surface area contributed by atoms with Gasteiger partial charge in [0.15, 0.2) is 0 Å². The first-order valence-corrected chi connectivity index (χ1v) is 9.32. The summed E-state index contributed by atoms with van der Waals surface area (Å²) in [7, 11) is 0. The molecule has 2 aromatic rings. The molecule has 3 rings (SSSR count). The van der Waals surface area contributed by atoms with Crippen molar-refractivity contribution in [2.24, 2.45) is 5.92 Å². The smallest absolute Gasteiger partial charge is 0.251 e. The van der Waals surface area contributed by atoms with E-state index in [0.29, 0.717) is 10.6 Å². The van der Waals surface area contributed by atoms with Crippen molar-refractivity contribution in [3.05, 3.63) is 64.7 Å². The molecule has 132 valence electrons. The van der Waals surface area contributed by atoms with Gasteiger partial charge in [-0.25, -0.2) is 0 Å². The van der Waals surface area contributed by atoms with Crippen molar-refractivity contribution in [3.8, 4) is 0 Å². The second-order valence-corrected chi connectivity index (χ2v) is 7.43. The SMILES string of the molecule is C[C@@H]1CCCN(c2ccc([C@@H](C)NC(=O)c3cccc(Cl)c3)cc2)C1. The highest BCUT2D eigenvalue weighted by molar-refractivity contribution is 6.30. The van der Waals surface area contributed by atoms with E-state index in [0.717, 1.165) is 24.6 Å². The van der Waals surface area contributed by atoms with E-state index in [1.807, 2.05) is 6.92 Å². The highest BCUT2D eigenvalue weighted by Crippen LogP contribution is 2.24. The Kier molecular flexibility index (Phi) is 5.64. The Morgan fingerprint density at radius 1 is 1.24 bits per heavy atom. The van der Waals surface area contributed by atoms with Crippen LogP contribution in [0.25, 0.3) is 0 Å². The van der Waals surface area contributed by atoms with Crippen LogP contribution in [0.3, 0.4) is 0 Å². The average Bonchev–Trinajstić information content (AvgIpc) is 2.62. The number of anilines is 1. The lowest BCUT2D eigenvalue weighted by Crippen LogP contribution is -2.34. The second kappa shape index (κ2) is 7.92. The van der Waals surface area contributed by atoms with Gasteiger partial charge >= 0.3 is 0 Å². The monoisotopic (exact) mass is 356 g/mol. The van der Waals surface area contributed by atoms with Gasteiger partial charge in [0.2, 0.25) is 0 Å².